The van der Waals surface area contributed by atoms with Crippen molar-refractivity contribution < 1.29 is 19.1 Å². The minimum atomic E-state index is -0.763. The summed E-state index contributed by atoms with van der Waals surface area (Å²) in [5.74, 6) is -0.482. The van der Waals surface area contributed by atoms with E-state index in [2.05, 4.69) is 10.6 Å². The van der Waals surface area contributed by atoms with Gasteiger partial charge in [-0.2, -0.15) is 0 Å². The first-order chi connectivity index (χ1) is 11.5. The Morgan fingerprint density at radius 3 is 2.29 bits per heavy atom. The molecule has 0 spiro atoms. The Morgan fingerprint density at radius 1 is 0.958 bits per heavy atom. The summed E-state index contributed by atoms with van der Waals surface area (Å²) in [7, 11) is 3.01. The topological polar surface area (TPSA) is 76.7 Å². The van der Waals surface area contributed by atoms with E-state index in [1.165, 1.54) is 14.2 Å². The molecule has 0 aromatic heterocycles. The average molecular weight is 328 g/mol. The number of nitrogens with one attached hydrogen (secondary N) is 2. The van der Waals surface area contributed by atoms with Gasteiger partial charge in [0.05, 0.1) is 25.9 Å². The fourth-order valence-electron chi connectivity index (χ4n) is 2.17. The normalized spacial score (nSPS) is 11.3. The summed E-state index contributed by atoms with van der Waals surface area (Å²) < 4.78 is 10.3. The van der Waals surface area contributed by atoms with Gasteiger partial charge in [-0.15, -0.1) is 0 Å². The lowest BCUT2D eigenvalue weighted by Gasteiger charge is -2.15. The summed E-state index contributed by atoms with van der Waals surface area (Å²) >= 11 is 0. The minimum Gasteiger partial charge on any atom is -0.497 e. The first-order valence-corrected chi connectivity index (χ1v) is 7.44. The highest BCUT2D eigenvalue weighted by Gasteiger charge is 2.18. The molecule has 24 heavy (non-hydrogen) atoms. The van der Waals surface area contributed by atoms with E-state index < -0.39 is 11.8 Å². The van der Waals surface area contributed by atoms with Gasteiger partial charge in [-0.25, -0.2) is 0 Å². The molecule has 0 fully saturated rings. The Morgan fingerprint density at radius 2 is 1.67 bits per heavy atom. The van der Waals surface area contributed by atoms with Crippen molar-refractivity contribution in [3.63, 3.8) is 0 Å². The van der Waals surface area contributed by atoms with E-state index in [0.717, 1.165) is 5.56 Å². The number of carbonyl (C=O) groups excluding carboxylic acids is 2. The Kier molecular flexibility index (Phi) is 5.78. The van der Waals surface area contributed by atoms with Gasteiger partial charge in [-0.1, -0.05) is 30.3 Å². The summed E-state index contributed by atoms with van der Waals surface area (Å²) in [5.41, 5.74) is 1.31. The summed E-state index contributed by atoms with van der Waals surface area (Å²) in [5, 5.41) is 5.20. The van der Waals surface area contributed by atoms with Crippen LogP contribution in [0.2, 0.25) is 0 Å². The molecule has 0 radical (unpaired) electrons. The zero-order valence-electron chi connectivity index (χ0n) is 13.8. The van der Waals surface area contributed by atoms with Gasteiger partial charge in [0.2, 0.25) is 0 Å². The van der Waals surface area contributed by atoms with Gasteiger partial charge in [0.15, 0.2) is 0 Å². The van der Waals surface area contributed by atoms with Crippen LogP contribution < -0.4 is 20.1 Å². The zero-order chi connectivity index (χ0) is 17.5. The number of carbonyl (C=O) groups is 2. The van der Waals surface area contributed by atoms with Crippen molar-refractivity contribution in [3.8, 4) is 11.5 Å². The summed E-state index contributed by atoms with van der Waals surface area (Å²) in [6.45, 7) is 1.81. The second-order valence-electron chi connectivity index (χ2n) is 5.13. The molecule has 1 atom stereocenters. The van der Waals surface area contributed by atoms with Gasteiger partial charge in [0.1, 0.15) is 11.5 Å². The highest BCUT2D eigenvalue weighted by molar-refractivity contribution is 6.39. The standard InChI is InChI=1S/C18H20N2O4/c1-12(13-7-5-4-6-8-13)19-17(21)18(22)20-15-10-9-14(23-2)11-16(15)24-3/h4-12H,1-3H3,(H,19,21)(H,20,22)/t12-/m0/s1. The lowest BCUT2D eigenvalue weighted by Crippen LogP contribution is -2.36. The third-order valence-corrected chi connectivity index (χ3v) is 3.51. The summed E-state index contributed by atoms with van der Waals surface area (Å²) in [6.07, 6.45) is 0. The molecule has 0 heterocycles. The molecular weight excluding hydrogens is 308 g/mol. The van der Waals surface area contributed by atoms with Crippen LogP contribution in [0.25, 0.3) is 0 Å². The third kappa shape index (κ3) is 4.25. The summed E-state index contributed by atoms with van der Waals surface area (Å²) in [6, 6.07) is 14.0. The van der Waals surface area contributed by atoms with Gasteiger partial charge in [0.25, 0.3) is 0 Å². The Bertz CT molecular complexity index is 716. The Balaban J connectivity index is 2.03. The van der Waals surface area contributed by atoms with Crippen LogP contribution in [-0.4, -0.2) is 26.0 Å². The molecule has 0 saturated heterocycles. The SMILES string of the molecule is COc1ccc(NC(=O)C(=O)N[C@@H](C)c2ccccc2)c(OC)c1. The van der Waals surface area contributed by atoms with Crippen LogP contribution in [0.3, 0.4) is 0 Å². The van der Waals surface area contributed by atoms with Crippen LogP contribution in [0.1, 0.15) is 18.5 Å². The fourth-order valence-corrected chi connectivity index (χ4v) is 2.17. The zero-order valence-corrected chi connectivity index (χ0v) is 13.8. The number of benzene rings is 2. The number of ether oxygens (including phenoxy) is 2. The molecule has 2 N–H and O–H groups in total. The molecule has 0 bridgehead atoms. The van der Waals surface area contributed by atoms with Crippen LogP contribution in [0.5, 0.6) is 11.5 Å². The Hall–Kier alpha value is -3.02. The van der Waals surface area contributed by atoms with Crippen LogP contribution >= 0.6 is 0 Å². The molecule has 2 aromatic carbocycles. The second-order valence-corrected chi connectivity index (χ2v) is 5.13. The maximum atomic E-state index is 12.1. The van der Waals surface area contributed by atoms with Crippen molar-refractivity contribution in [3.05, 3.63) is 54.1 Å². The molecule has 6 nitrogen and oxygen atoms in total. The maximum Gasteiger partial charge on any atom is 0.313 e. The first-order valence-electron chi connectivity index (χ1n) is 7.44. The van der Waals surface area contributed by atoms with Crippen molar-refractivity contribution in [2.75, 3.05) is 19.5 Å². The van der Waals surface area contributed by atoms with E-state index in [1.807, 2.05) is 37.3 Å². The third-order valence-electron chi connectivity index (χ3n) is 3.51. The van der Waals surface area contributed by atoms with Gasteiger partial charge < -0.3 is 20.1 Å². The average Bonchev–Trinajstić information content (AvgIpc) is 2.62. The van der Waals surface area contributed by atoms with Crippen LogP contribution in [0.4, 0.5) is 5.69 Å². The van der Waals surface area contributed by atoms with Crippen molar-refractivity contribution in [2.45, 2.75) is 13.0 Å². The van der Waals surface area contributed by atoms with Gasteiger partial charge in [-0.05, 0) is 24.6 Å². The number of amides is 2. The molecule has 0 saturated carbocycles. The molecule has 126 valence electrons. The monoisotopic (exact) mass is 328 g/mol. The molecular formula is C18H20N2O4. The summed E-state index contributed by atoms with van der Waals surface area (Å²) in [4.78, 5) is 24.2. The van der Waals surface area contributed by atoms with E-state index in [0.29, 0.717) is 17.2 Å². The highest BCUT2D eigenvalue weighted by atomic mass is 16.5. The van der Waals surface area contributed by atoms with Gasteiger partial charge >= 0.3 is 11.8 Å². The van der Waals surface area contributed by atoms with Crippen molar-refractivity contribution in [1.29, 1.82) is 0 Å². The molecule has 0 aliphatic rings. The predicted molar refractivity (Wildman–Crippen MR) is 91.2 cm³/mol. The molecule has 0 unspecified atom stereocenters. The fraction of sp³-hybridized carbons (Fsp3) is 0.222. The minimum absolute atomic E-state index is 0.276. The predicted octanol–water partition coefficient (Wildman–Crippen LogP) is 2.52. The van der Waals surface area contributed by atoms with E-state index >= 15 is 0 Å². The van der Waals surface area contributed by atoms with Crippen LogP contribution in [0, 0.1) is 0 Å². The number of rotatable bonds is 5. The highest BCUT2D eigenvalue weighted by Crippen LogP contribution is 2.28. The largest absolute Gasteiger partial charge is 0.497 e. The molecule has 6 heteroatoms. The molecule has 0 aliphatic carbocycles. The Labute approximate surface area is 140 Å². The van der Waals surface area contributed by atoms with Crippen LogP contribution in [-0.2, 0) is 9.59 Å². The smallest absolute Gasteiger partial charge is 0.313 e. The van der Waals surface area contributed by atoms with Crippen molar-refractivity contribution in [2.24, 2.45) is 0 Å². The van der Waals surface area contributed by atoms with Gasteiger partial charge in [-0.3, -0.25) is 9.59 Å². The van der Waals surface area contributed by atoms with E-state index in [1.54, 1.807) is 18.2 Å². The number of hydrogen-bond donors (Lipinski definition) is 2. The quantitative estimate of drug-likeness (QED) is 0.827. The van der Waals surface area contributed by atoms with E-state index in [9.17, 15) is 9.59 Å². The van der Waals surface area contributed by atoms with Crippen molar-refractivity contribution in [1.82, 2.24) is 5.32 Å². The first kappa shape index (κ1) is 17.3. The lowest BCUT2D eigenvalue weighted by atomic mass is 10.1. The molecule has 2 aromatic rings. The van der Waals surface area contributed by atoms with E-state index in [-0.39, 0.29) is 6.04 Å². The van der Waals surface area contributed by atoms with E-state index in [4.69, 9.17) is 9.47 Å². The molecule has 0 aliphatic heterocycles. The lowest BCUT2D eigenvalue weighted by molar-refractivity contribution is -0.136. The number of hydrogen-bond acceptors (Lipinski definition) is 4. The number of methoxy groups -OCH3 is 2. The van der Waals surface area contributed by atoms with Gasteiger partial charge in [0, 0.05) is 6.07 Å². The van der Waals surface area contributed by atoms with Crippen LogP contribution in [0.15, 0.2) is 48.5 Å². The maximum absolute atomic E-state index is 12.1. The second kappa shape index (κ2) is 8.01. The molecule has 2 rings (SSSR count). The van der Waals surface area contributed by atoms with Crippen molar-refractivity contribution >= 4 is 17.5 Å². The number of anilines is 1. The molecule has 2 amide bonds.